The molecule has 3 aromatic heterocycles. The molecule has 1 amide bonds. The maximum atomic E-state index is 14.5. The minimum absolute atomic E-state index is 0.0502. The zero-order valence-corrected chi connectivity index (χ0v) is 17.0. The number of fused-ring (bicyclic) bond motifs is 1. The molecule has 0 unspecified atom stereocenters. The van der Waals surface area contributed by atoms with Gasteiger partial charge in [-0.1, -0.05) is 24.4 Å². The zero-order valence-electron chi connectivity index (χ0n) is 16.2. The predicted octanol–water partition coefficient (Wildman–Crippen LogP) is 3.87. The zero-order chi connectivity index (χ0) is 20.5. The summed E-state index contributed by atoms with van der Waals surface area (Å²) in [6.45, 7) is 0. The summed E-state index contributed by atoms with van der Waals surface area (Å²) in [4.78, 5) is 30.0. The number of nitrogens with one attached hydrogen (secondary N) is 2. The number of rotatable bonds is 4. The van der Waals surface area contributed by atoms with Crippen LogP contribution in [0.15, 0.2) is 24.7 Å². The molecule has 152 valence electrons. The highest BCUT2D eigenvalue weighted by molar-refractivity contribution is 6.31. The van der Waals surface area contributed by atoms with Crippen molar-refractivity contribution in [1.82, 2.24) is 24.8 Å². The molecule has 0 radical (unpaired) electrons. The van der Waals surface area contributed by atoms with Crippen LogP contribution in [0.4, 0.5) is 10.2 Å². The number of anilines is 1. The summed E-state index contributed by atoms with van der Waals surface area (Å²) in [7, 11) is 3.49. The Bertz CT molecular complexity index is 1050. The molecule has 1 saturated carbocycles. The van der Waals surface area contributed by atoms with Crippen molar-refractivity contribution >= 4 is 34.4 Å². The van der Waals surface area contributed by atoms with E-state index in [2.05, 4.69) is 25.3 Å². The third kappa shape index (κ3) is 3.89. The molecule has 9 heteroatoms. The third-order valence-corrected chi connectivity index (χ3v) is 5.54. The highest BCUT2D eigenvalue weighted by Gasteiger charge is 2.32. The summed E-state index contributed by atoms with van der Waals surface area (Å²) in [6, 6.07) is 1.60. The molecule has 29 heavy (non-hydrogen) atoms. The van der Waals surface area contributed by atoms with E-state index in [1.54, 1.807) is 37.5 Å². The van der Waals surface area contributed by atoms with Gasteiger partial charge in [-0.15, -0.1) is 0 Å². The molecule has 0 spiro atoms. The van der Waals surface area contributed by atoms with Crippen LogP contribution in [-0.2, 0) is 4.79 Å². The van der Waals surface area contributed by atoms with E-state index in [4.69, 9.17) is 11.6 Å². The predicted molar refractivity (Wildman–Crippen MR) is 110 cm³/mol. The van der Waals surface area contributed by atoms with Crippen LogP contribution in [0.25, 0.3) is 22.4 Å². The Morgan fingerprint density at radius 1 is 1.28 bits per heavy atom. The van der Waals surface area contributed by atoms with E-state index in [1.165, 1.54) is 0 Å². The maximum absolute atomic E-state index is 14.5. The number of amides is 1. The lowest BCUT2D eigenvalue weighted by molar-refractivity contribution is -0.134. The average Bonchev–Trinajstić information content (AvgIpc) is 3.12. The van der Waals surface area contributed by atoms with Crippen LogP contribution >= 0.6 is 11.6 Å². The number of carbonyl (C=O) groups excluding carboxylic acids is 1. The van der Waals surface area contributed by atoms with E-state index in [1.807, 2.05) is 0 Å². The topological polar surface area (TPSA) is 86.8 Å². The fourth-order valence-corrected chi connectivity index (χ4v) is 4.03. The Hall–Kier alpha value is -2.74. The summed E-state index contributed by atoms with van der Waals surface area (Å²) in [6.07, 6.45) is 7.96. The summed E-state index contributed by atoms with van der Waals surface area (Å²) in [5.41, 5.74) is 1.33. The van der Waals surface area contributed by atoms with Crippen LogP contribution < -0.4 is 5.32 Å². The monoisotopic (exact) mass is 416 g/mol. The van der Waals surface area contributed by atoms with E-state index < -0.39 is 5.82 Å². The molecular weight excluding hydrogens is 395 g/mol. The summed E-state index contributed by atoms with van der Waals surface area (Å²) in [5.74, 6) is -0.244. The van der Waals surface area contributed by atoms with Gasteiger partial charge in [0.25, 0.3) is 0 Å². The fraction of sp³-hybridized carbons (Fsp3) is 0.400. The Kier molecular flexibility index (Phi) is 5.36. The first-order valence-electron chi connectivity index (χ1n) is 9.57. The Labute approximate surface area is 172 Å². The van der Waals surface area contributed by atoms with E-state index in [9.17, 15) is 9.18 Å². The Balaban J connectivity index is 1.66. The van der Waals surface area contributed by atoms with Gasteiger partial charge in [0.05, 0.1) is 17.1 Å². The van der Waals surface area contributed by atoms with Crippen molar-refractivity contribution in [3.63, 3.8) is 0 Å². The molecule has 1 aliphatic carbocycles. The van der Waals surface area contributed by atoms with Crippen LogP contribution in [0.1, 0.15) is 25.7 Å². The number of halogens is 2. The first-order valence-corrected chi connectivity index (χ1v) is 9.95. The van der Waals surface area contributed by atoms with Crippen molar-refractivity contribution in [3.05, 3.63) is 35.5 Å². The number of pyridine rings is 1. The van der Waals surface area contributed by atoms with Gasteiger partial charge in [0.15, 0.2) is 17.5 Å². The SMILES string of the molecule is CN(C)C(=O)[C@H]1CCCC[C@H]1Nc1nc(-c2c[nH]c3ncc(Cl)cc23)ncc1F. The molecule has 1 fully saturated rings. The number of nitrogens with zero attached hydrogens (tertiary/aromatic N) is 4. The van der Waals surface area contributed by atoms with Gasteiger partial charge in [-0.05, 0) is 18.9 Å². The molecule has 0 aromatic carbocycles. The first-order chi connectivity index (χ1) is 13.9. The number of aromatic amines is 1. The molecule has 0 aliphatic heterocycles. The van der Waals surface area contributed by atoms with Crippen LogP contribution in [0.3, 0.4) is 0 Å². The number of H-pyrrole nitrogens is 1. The second-order valence-corrected chi connectivity index (χ2v) is 7.95. The lowest BCUT2D eigenvalue weighted by Crippen LogP contribution is -2.42. The van der Waals surface area contributed by atoms with E-state index in [-0.39, 0.29) is 23.7 Å². The minimum Gasteiger partial charge on any atom is -0.364 e. The van der Waals surface area contributed by atoms with Gasteiger partial charge in [0.2, 0.25) is 5.91 Å². The Morgan fingerprint density at radius 3 is 2.86 bits per heavy atom. The second-order valence-electron chi connectivity index (χ2n) is 7.52. The largest absolute Gasteiger partial charge is 0.364 e. The molecule has 2 atom stereocenters. The summed E-state index contributed by atoms with van der Waals surface area (Å²) < 4.78 is 14.5. The molecule has 3 aromatic rings. The van der Waals surface area contributed by atoms with Gasteiger partial charge in [-0.3, -0.25) is 4.79 Å². The van der Waals surface area contributed by atoms with E-state index in [0.29, 0.717) is 22.1 Å². The van der Waals surface area contributed by atoms with Crippen LogP contribution in [0.2, 0.25) is 5.02 Å². The van der Waals surface area contributed by atoms with Crippen LogP contribution in [0.5, 0.6) is 0 Å². The quantitative estimate of drug-likeness (QED) is 0.674. The normalized spacial score (nSPS) is 19.3. The molecule has 4 rings (SSSR count). The van der Waals surface area contributed by atoms with E-state index in [0.717, 1.165) is 37.3 Å². The van der Waals surface area contributed by atoms with Crippen molar-refractivity contribution in [1.29, 1.82) is 0 Å². The average molecular weight is 417 g/mol. The van der Waals surface area contributed by atoms with Crippen molar-refractivity contribution in [2.24, 2.45) is 5.92 Å². The lowest BCUT2D eigenvalue weighted by Gasteiger charge is -2.33. The van der Waals surface area contributed by atoms with Gasteiger partial charge < -0.3 is 15.2 Å². The van der Waals surface area contributed by atoms with Gasteiger partial charge in [0.1, 0.15) is 5.65 Å². The van der Waals surface area contributed by atoms with Gasteiger partial charge in [-0.2, -0.15) is 0 Å². The van der Waals surface area contributed by atoms with Crippen molar-refractivity contribution in [3.8, 4) is 11.4 Å². The van der Waals surface area contributed by atoms with E-state index >= 15 is 0 Å². The van der Waals surface area contributed by atoms with Crippen LogP contribution in [0, 0.1) is 11.7 Å². The van der Waals surface area contributed by atoms with Crippen LogP contribution in [-0.4, -0.2) is 50.9 Å². The fourth-order valence-electron chi connectivity index (χ4n) is 3.87. The van der Waals surface area contributed by atoms with Crippen molar-refractivity contribution in [2.75, 3.05) is 19.4 Å². The minimum atomic E-state index is -0.550. The standard InChI is InChI=1S/C20H22ClFN6O/c1-28(2)20(29)12-5-3-4-6-16(12)26-19-15(22)10-25-18(27-19)14-9-24-17-13(14)7-11(21)8-23-17/h7-10,12,16H,3-6H2,1-2H3,(H,23,24)(H,25,26,27)/t12-,16+/m0/s1. The van der Waals surface area contributed by atoms with Crippen molar-refractivity contribution in [2.45, 2.75) is 31.7 Å². The Morgan fingerprint density at radius 2 is 2.07 bits per heavy atom. The highest BCUT2D eigenvalue weighted by Crippen LogP contribution is 2.31. The smallest absolute Gasteiger partial charge is 0.227 e. The molecule has 0 bridgehead atoms. The van der Waals surface area contributed by atoms with Gasteiger partial charge in [0, 0.05) is 43.5 Å². The molecular formula is C20H22ClFN6O. The second kappa shape index (κ2) is 7.94. The summed E-state index contributed by atoms with van der Waals surface area (Å²) >= 11 is 6.07. The third-order valence-electron chi connectivity index (χ3n) is 5.33. The highest BCUT2D eigenvalue weighted by atomic mass is 35.5. The van der Waals surface area contributed by atoms with Gasteiger partial charge >= 0.3 is 0 Å². The number of hydrogen-bond acceptors (Lipinski definition) is 5. The first kappa shape index (κ1) is 19.6. The lowest BCUT2D eigenvalue weighted by atomic mass is 9.83. The molecule has 2 N–H and O–H groups in total. The molecule has 0 saturated heterocycles. The maximum Gasteiger partial charge on any atom is 0.227 e. The molecule has 7 nitrogen and oxygen atoms in total. The number of aromatic nitrogens is 4. The molecule has 1 aliphatic rings. The van der Waals surface area contributed by atoms with Crippen molar-refractivity contribution < 1.29 is 9.18 Å². The number of hydrogen-bond donors (Lipinski definition) is 2. The molecule has 3 heterocycles. The number of carbonyl (C=O) groups is 1. The summed E-state index contributed by atoms with van der Waals surface area (Å²) in [5, 5.41) is 4.42. The van der Waals surface area contributed by atoms with Gasteiger partial charge in [-0.25, -0.2) is 19.3 Å².